The molecule has 7 heterocycles. The molecule has 105 heavy (non-hydrogen) atoms. The van der Waals surface area contributed by atoms with E-state index < -0.39 is 311 Å². The van der Waals surface area contributed by atoms with Gasteiger partial charge in [-0.2, -0.15) is 0 Å². The SMILES string of the molecule is C[C@@H]1O[C@@H](O[C@H]2[C@H](OC(=O)[C@]34CCC(C)(C)C[C@H]3C3=CC[C@@H]5[C@@]6(C)C[C@H](O)[C@H](O[C@@H]7O[C@H](CO)[C@@H](O)[C@H](O)[C@H]7O[C@@H]7O[C@H](CO)[C@@H](O)[C@H](O)[C@H]7O[C@@H]7OC[C@H](O)[C@H](O)[C@H]7O)[C@@](C)(C(=O)O)[C@@H]6CC[C@@]5(C)[C@]3(C)C[C@@H]4O)OC[C@H](O)[C@@H]2O)[C@H](O)[C@H](O[C@@H]2OC[C@](O)(CO)[C@H]2O)[C@H]1O[C@@H]1OC[C@@H](O)[C@H](O)[C@H]1O. The molecule has 12 rings (SSSR count). The average Bonchev–Trinajstić information content (AvgIpc) is 0.943. The number of carboxylic acids is 1. The van der Waals surface area contributed by atoms with Gasteiger partial charge in [0, 0.05) is 0 Å². The average molecular weight is 1520 g/mol. The van der Waals surface area contributed by atoms with Crippen molar-refractivity contribution in [3.63, 3.8) is 0 Å². The number of carboxylic acid groups (broad SMARTS) is 1. The summed E-state index contributed by atoms with van der Waals surface area (Å²) in [5.41, 5.74) is -8.53. The monoisotopic (exact) mass is 1520 g/mol. The molecular formula is C68H108O37. The fourth-order valence-corrected chi connectivity index (χ4v) is 19.9. The fraction of sp³-hybridized carbons (Fsp3) is 0.941. The number of ether oxygens (including phenoxy) is 14. The Hall–Kier alpha value is -2.64. The van der Waals surface area contributed by atoms with Crippen molar-refractivity contribution >= 4 is 11.9 Å². The summed E-state index contributed by atoms with van der Waals surface area (Å²) in [4.78, 5) is 30.1. The number of hydrogen-bond donors (Lipinski definition) is 21. The van der Waals surface area contributed by atoms with E-state index in [1.165, 1.54) is 13.8 Å². The molecule has 37 heteroatoms. The molecule has 41 atom stereocenters. The van der Waals surface area contributed by atoms with E-state index in [1.807, 2.05) is 33.8 Å². The molecule has 4 saturated carbocycles. The maximum absolute atomic E-state index is 15.8. The molecule has 21 N–H and O–H groups in total. The van der Waals surface area contributed by atoms with Crippen molar-refractivity contribution in [2.24, 2.45) is 50.2 Å². The molecule has 5 aliphatic carbocycles. The second kappa shape index (κ2) is 30.4. The van der Waals surface area contributed by atoms with E-state index in [0.29, 0.717) is 19.3 Å². The van der Waals surface area contributed by atoms with Crippen LogP contribution >= 0.6 is 0 Å². The Bertz CT molecular complexity index is 3070. The predicted molar refractivity (Wildman–Crippen MR) is 340 cm³/mol. The molecule has 0 radical (unpaired) electrons. The first-order valence-corrected chi connectivity index (χ1v) is 36.2. The van der Waals surface area contributed by atoms with E-state index in [4.69, 9.17) is 66.3 Å². The minimum Gasteiger partial charge on any atom is -0.481 e. The molecule has 37 nitrogen and oxygen atoms in total. The van der Waals surface area contributed by atoms with Gasteiger partial charge in [-0.1, -0.05) is 46.3 Å². The van der Waals surface area contributed by atoms with Gasteiger partial charge in [0.2, 0.25) is 6.29 Å². The second-order valence-corrected chi connectivity index (χ2v) is 33.1. The molecule has 0 amide bonds. The fourth-order valence-electron chi connectivity index (χ4n) is 19.9. The second-order valence-electron chi connectivity index (χ2n) is 33.1. The summed E-state index contributed by atoms with van der Waals surface area (Å²) in [6.07, 6.45) is -54.3. The lowest BCUT2D eigenvalue weighted by Gasteiger charge is -2.71. The van der Waals surface area contributed by atoms with Gasteiger partial charge in [0.15, 0.2) is 43.8 Å². The molecule has 11 fully saturated rings. The number of carbonyl (C=O) groups is 2. The van der Waals surface area contributed by atoms with Crippen LogP contribution in [0.1, 0.15) is 99.8 Å². The van der Waals surface area contributed by atoms with Gasteiger partial charge in [0.1, 0.15) is 139 Å². The third-order valence-electron chi connectivity index (χ3n) is 26.4. The number of aliphatic hydroxyl groups excluding tert-OH is 19. The van der Waals surface area contributed by atoms with E-state index >= 15 is 4.79 Å². The summed E-state index contributed by atoms with van der Waals surface area (Å²) < 4.78 is 83.6. The summed E-state index contributed by atoms with van der Waals surface area (Å²) in [6.45, 7) is 7.68. The van der Waals surface area contributed by atoms with Gasteiger partial charge in [0.25, 0.3) is 0 Å². The first-order valence-electron chi connectivity index (χ1n) is 36.2. The number of hydrogen-bond acceptors (Lipinski definition) is 36. The van der Waals surface area contributed by atoms with Crippen LogP contribution in [0.3, 0.4) is 0 Å². The highest BCUT2D eigenvalue weighted by atomic mass is 16.8. The predicted octanol–water partition coefficient (Wildman–Crippen LogP) is -7.97. The highest BCUT2D eigenvalue weighted by molar-refractivity contribution is 5.80. The minimum atomic E-state index is -2.23. The largest absolute Gasteiger partial charge is 0.481 e. The summed E-state index contributed by atoms with van der Waals surface area (Å²) in [5.74, 6) is -4.44. The first kappa shape index (κ1) is 81.8. The standard InChI is InChI=1S/C68H108O37/c1-24-46(99-53-43(84)36(77)28(73)19-92-53)47(100-59-51(87)67(91,22-71)23-95-59)45(86)55(96-24)102-48-38(79)30(75)21-94-56(48)105-61(90)68-13-12-62(2,3)14-26(68)25-8-9-33-63(4)15-27(72)52(66(7,60(88)89)34(63)10-11-64(33,5)65(25,6)16-35(68)76)104-58-50(42(83)40(81)32(18-70)98-58)103-57-49(41(82)39(80)31(17-69)97-57)101-54-44(85)37(78)29(74)20-93-54/h8,24,26-59,69-87,91H,9-23H2,1-7H3,(H,88,89)/t24-,26-,27-,28+,29-,30-,31+,32+,33+,34+,35-,36-,37-,38-,39+,40+,41-,42-,43+,44+,45+,46-,47-,48+,49+,50+,51-,52-,53-,54-,55-,56-,57-,58-,59-,63+,64+,65+,66-,67+,68+/m0/s1. The number of allylic oxidation sites excluding steroid dienone is 2. The zero-order valence-electron chi connectivity index (χ0n) is 59.3. The van der Waals surface area contributed by atoms with Crippen molar-refractivity contribution < 1.29 is 183 Å². The van der Waals surface area contributed by atoms with Crippen LogP contribution in [-0.2, 0) is 75.9 Å². The van der Waals surface area contributed by atoms with Crippen molar-refractivity contribution in [1.82, 2.24) is 0 Å². The molecule has 7 aliphatic heterocycles. The highest BCUT2D eigenvalue weighted by Gasteiger charge is 2.75. The molecular weight excluding hydrogens is 1410 g/mol. The number of fused-ring (bicyclic) bond motifs is 7. The maximum atomic E-state index is 15.8. The quantitative estimate of drug-likeness (QED) is 0.0344. The Morgan fingerprint density at radius 3 is 1.57 bits per heavy atom. The number of aliphatic hydroxyl groups is 20. The summed E-state index contributed by atoms with van der Waals surface area (Å²) in [5, 5.41) is 234. The summed E-state index contributed by atoms with van der Waals surface area (Å²) >= 11 is 0. The Morgan fingerprint density at radius 1 is 0.505 bits per heavy atom. The normalized spacial score (nSPS) is 55.0. The molecule has 602 valence electrons. The van der Waals surface area contributed by atoms with E-state index in [0.717, 1.165) is 5.57 Å². The van der Waals surface area contributed by atoms with Crippen LogP contribution in [0, 0.1) is 50.2 Å². The van der Waals surface area contributed by atoms with E-state index in [-0.39, 0.29) is 32.1 Å². The van der Waals surface area contributed by atoms with Gasteiger partial charge in [-0.15, -0.1) is 0 Å². The molecule has 0 aromatic carbocycles. The van der Waals surface area contributed by atoms with E-state index in [9.17, 15) is 112 Å². The minimum absolute atomic E-state index is 0.0519. The van der Waals surface area contributed by atoms with Crippen LogP contribution in [0.25, 0.3) is 0 Å². The Kier molecular flexibility index (Phi) is 23.7. The Morgan fingerprint density at radius 2 is 1.02 bits per heavy atom. The van der Waals surface area contributed by atoms with Crippen LogP contribution in [0.4, 0.5) is 0 Å². The zero-order chi connectivity index (χ0) is 76.7. The van der Waals surface area contributed by atoms with Crippen LogP contribution < -0.4 is 0 Å². The molecule has 12 aliphatic rings. The summed E-state index contributed by atoms with van der Waals surface area (Å²) in [7, 11) is 0. The number of esters is 1. The highest BCUT2D eigenvalue weighted by Crippen LogP contribution is 2.76. The summed E-state index contributed by atoms with van der Waals surface area (Å²) in [6, 6.07) is 0. The molecule has 0 aromatic heterocycles. The van der Waals surface area contributed by atoms with Gasteiger partial charge in [-0.3, -0.25) is 9.59 Å². The van der Waals surface area contributed by atoms with Crippen LogP contribution in [0.5, 0.6) is 0 Å². The maximum Gasteiger partial charge on any atom is 0.317 e. The van der Waals surface area contributed by atoms with E-state index in [1.54, 1.807) is 0 Å². The third-order valence-corrected chi connectivity index (χ3v) is 26.4. The van der Waals surface area contributed by atoms with Crippen molar-refractivity contribution in [3.8, 4) is 0 Å². The van der Waals surface area contributed by atoms with E-state index in [2.05, 4.69) is 6.92 Å². The number of rotatable bonds is 18. The molecule has 0 bridgehead atoms. The van der Waals surface area contributed by atoms with Gasteiger partial charge in [-0.25, -0.2) is 0 Å². The molecule has 7 saturated heterocycles. The zero-order valence-corrected chi connectivity index (χ0v) is 59.3. The lowest BCUT2D eigenvalue weighted by molar-refractivity contribution is -0.397. The van der Waals surface area contributed by atoms with Crippen LogP contribution in [0.2, 0.25) is 0 Å². The smallest absolute Gasteiger partial charge is 0.317 e. The first-order chi connectivity index (χ1) is 49.2. The Labute approximate surface area is 603 Å². The molecule has 0 spiro atoms. The van der Waals surface area contributed by atoms with Crippen molar-refractivity contribution in [3.05, 3.63) is 11.6 Å². The Balaban J connectivity index is 0.804. The lowest BCUT2D eigenvalue weighted by Crippen LogP contribution is -2.71. The van der Waals surface area contributed by atoms with Gasteiger partial charge < -0.3 is 174 Å². The molecule has 0 unspecified atom stereocenters. The van der Waals surface area contributed by atoms with Crippen molar-refractivity contribution in [2.75, 3.05) is 46.2 Å². The topological polar surface area (TPSA) is 588 Å². The van der Waals surface area contributed by atoms with Gasteiger partial charge in [-0.05, 0) is 105 Å². The number of carbonyl (C=O) groups excluding carboxylic acids is 1. The van der Waals surface area contributed by atoms with Gasteiger partial charge >= 0.3 is 11.9 Å². The van der Waals surface area contributed by atoms with Crippen molar-refractivity contribution in [1.29, 1.82) is 0 Å². The third kappa shape index (κ3) is 13.8. The van der Waals surface area contributed by atoms with Gasteiger partial charge in [0.05, 0.1) is 70.0 Å². The van der Waals surface area contributed by atoms with Crippen LogP contribution in [0.15, 0.2) is 11.6 Å². The number of aliphatic carboxylic acids is 1. The van der Waals surface area contributed by atoms with Crippen molar-refractivity contribution in [2.45, 2.75) is 302 Å². The lowest BCUT2D eigenvalue weighted by atomic mass is 9.33. The molecule has 0 aromatic rings. The van der Waals surface area contributed by atoms with Crippen LogP contribution in [-0.4, -0.2) is 368 Å².